The van der Waals surface area contributed by atoms with Gasteiger partial charge in [-0.25, -0.2) is 0 Å². The first-order valence-electron chi connectivity index (χ1n) is 8.45. The van der Waals surface area contributed by atoms with Crippen molar-refractivity contribution in [1.82, 2.24) is 4.57 Å². The van der Waals surface area contributed by atoms with Gasteiger partial charge < -0.3 is 4.57 Å². The van der Waals surface area contributed by atoms with Gasteiger partial charge in [0.25, 0.3) is 0 Å². The topological polar surface area (TPSA) is 34.4 Å². The molecule has 3 aromatic rings. The van der Waals surface area contributed by atoms with Crippen molar-refractivity contribution in [3.63, 3.8) is 0 Å². The molecule has 1 amide bonds. The number of hydrogen-bond donors (Lipinski definition) is 0. The summed E-state index contributed by atoms with van der Waals surface area (Å²) >= 11 is 3.31. The third kappa shape index (κ3) is 4.05. The molecule has 0 saturated carbocycles. The number of aromatic nitrogens is 1. The van der Waals surface area contributed by atoms with Gasteiger partial charge in [-0.15, -0.1) is 11.8 Å². The Balaban J connectivity index is 1.82. The molecule has 3 rings (SSSR count). The molecule has 1 heterocycles. The lowest BCUT2D eigenvalue weighted by molar-refractivity contribution is -0.117. The van der Waals surface area contributed by atoms with Crippen LogP contribution in [0.5, 0.6) is 0 Å². The fraction of sp³-hybridized carbons (Fsp3) is 0.300. The summed E-state index contributed by atoms with van der Waals surface area (Å²) in [5.74, 6) is 0.703. The summed E-state index contributed by atoms with van der Waals surface area (Å²) in [5, 5.41) is 0. The molecule has 0 aliphatic heterocycles. The van der Waals surface area contributed by atoms with Crippen molar-refractivity contribution in [2.75, 3.05) is 5.75 Å². The number of rotatable bonds is 5. The van der Waals surface area contributed by atoms with E-state index in [1.54, 1.807) is 23.1 Å². The van der Waals surface area contributed by atoms with E-state index < -0.39 is 0 Å². The van der Waals surface area contributed by atoms with Gasteiger partial charge in [0.15, 0.2) is 4.80 Å². The molecule has 0 fully saturated rings. The number of aryl methyl sites for hydroxylation is 3. The molecule has 0 bridgehead atoms. The number of thiazole rings is 1. The normalized spacial score (nSPS) is 12.0. The van der Waals surface area contributed by atoms with E-state index in [0.29, 0.717) is 6.42 Å². The minimum Gasteiger partial charge on any atom is -0.316 e. The van der Waals surface area contributed by atoms with Crippen LogP contribution in [0.1, 0.15) is 24.5 Å². The molecule has 0 saturated heterocycles. The average molecular weight is 371 g/mol. The quantitative estimate of drug-likeness (QED) is 0.596. The molecule has 0 aliphatic carbocycles. The molecule has 0 radical (unpaired) electrons. The number of benzene rings is 2. The second kappa shape index (κ2) is 8.02. The lowest BCUT2D eigenvalue weighted by Gasteiger charge is -2.04. The van der Waals surface area contributed by atoms with Crippen LogP contribution in [0.3, 0.4) is 0 Å². The molecular formula is C20H22N2OS2. The van der Waals surface area contributed by atoms with Crippen molar-refractivity contribution in [2.24, 2.45) is 4.99 Å². The summed E-state index contributed by atoms with van der Waals surface area (Å²) in [6.07, 6.45) is 0.454. The number of carbonyl (C=O) groups excluding carboxylic acids is 1. The van der Waals surface area contributed by atoms with Gasteiger partial charge in [0, 0.05) is 23.6 Å². The van der Waals surface area contributed by atoms with Crippen LogP contribution < -0.4 is 4.80 Å². The molecule has 0 unspecified atom stereocenters. The molecule has 3 nitrogen and oxygen atoms in total. The van der Waals surface area contributed by atoms with E-state index >= 15 is 0 Å². The Hall–Kier alpha value is -1.85. The minimum atomic E-state index is -0.0486. The Morgan fingerprint density at radius 2 is 1.84 bits per heavy atom. The fourth-order valence-electron chi connectivity index (χ4n) is 2.79. The van der Waals surface area contributed by atoms with E-state index in [1.807, 2.05) is 18.2 Å². The van der Waals surface area contributed by atoms with Gasteiger partial charge in [0.05, 0.1) is 10.2 Å². The lowest BCUT2D eigenvalue weighted by atomic mass is 10.1. The van der Waals surface area contributed by atoms with Gasteiger partial charge in [-0.3, -0.25) is 4.79 Å². The zero-order valence-electron chi connectivity index (χ0n) is 14.8. The molecule has 0 aliphatic rings. The first-order chi connectivity index (χ1) is 12.1. The van der Waals surface area contributed by atoms with Crippen molar-refractivity contribution in [2.45, 2.75) is 38.6 Å². The summed E-state index contributed by atoms with van der Waals surface area (Å²) in [5.41, 5.74) is 3.67. The highest BCUT2D eigenvalue weighted by atomic mass is 32.2. The number of hydrogen-bond acceptors (Lipinski definition) is 3. The van der Waals surface area contributed by atoms with Crippen LogP contribution in [-0.2, 0) is 11.3 Å². The highest BCUT2D eigenvalue weighted by Gasteiger charge is 2.11. The average Bonchev–Trinajstić information content (AvgIpc) is 2.98. The van der Waals surface area contributed by atoms with Crippen LogP contribution in [0.4, 0.5) is 0 Å². The Kier molecular flexibility index (Phi) is 5.76. The van der Waals surface area contributed by atoms with Crippen LogP contribution in [-0.4, -0.2) is 16.2 Å². The second-order valence-electron chi connectivity index (χ2n) is 5.92. The molecule has 1 aromatic heterocycles. The highest BCUT2D eigenvalue weighted by molar-refractivity contribution is 7.99. The Labute approximate surface area is 156 Å². The molecule has 2 aromatic carbocycles. The van der Waals surface area contributed by atoms with E-state index in [9.17, 15) is 4.79 Å². The summed E-state index contributed by atoms with van der Waals surface area (Å²) in [6, 6.07) is 14.4. The molecule has 130 valence electrons. The fourth-order valence-corrected chi connectivity index (χ4v) is 4.91. The molecule has 25 heavy (non-hydrogen) atoms. The predicted molar refractivity (Wildman–Crippen MR) is 107 cm³/mol. The first-order valence-corrected chi connectivity index (χ1v) is 10.2. The summed E-state index contributed by atoms with van der Waals surface area (Å²) in [6.45, 7) is 7.14. The molecule has 0 atom stereocenters. The van der Waals surface area contributed by atoms with Gasteiger partial charge in [-0.1, -0.05) is 41.7 Å². The lowest BCUT2D eigenvalue weighted by Crippen LogP contribution is -2.16. The number of fused-ring (bicyclic) bond motifs is 1. The third-order valence-corrected chi connectivity index (χ3v) is 6.32. The summed E-state index contributed by atoms with van der Waals surface area (Å²) in [4.78, 5) is 18.7. The van der Waals surface area contributed by atoms with Crippen molar-refractivity contribution < 1.29 is 4.79 Å². The second-order valence-corrected chi connectivity index (χ2v) is 8.07. The Morgan fingerprint density at radius 1 is 1.12 bits per heavy atom. The monoisotopic (exact) mass is 370 g/mol. The zero-order chi connectivity index (χ0) is 17.8. The predicted octanol–water partition coefficient (Wildman–Crippen LogP) is 4.95. The van der Waals surface area contributed by atoms with E-state index in [0.717, 1.165) is 17.1 Å². The van der Waals surface area contributed by atoms with Crippen LogP contribution >= 0.6 is 23.1 Å². The molecule has 0 N–H and O–H groups in total. The smallest absolute Gasteiger partial charge is 0.249 e. The SMILES string of the molecule is CCn1c(=NC(=O)CCSc2ccccc2)sc2c(C)ccc(C)c21. The van der Waals surface area contributed by atoms with Gasteiger partial charge >= 0.3 is 0 Å². The number of amides is 1. The van der Waals surface area contributed by atoms with Crippen LogP contribution in [0.25, 0.3) is 10.2 Å². The largest absolute Gasteiger partial charge is 0.316 e. The zero-order valence-corrected chi connectivity index (χ0v) is 16.4. The molecular weight excluding hydrogens is 348 g/mol. The van der Waals surface area contributed by atoms with Crippen LogP contribution in [0.15, 0.2) is 52.4 Å². The van der Waals surface area contributed by atoms with Crippen molar-refractivity contribution in [3.05, 3.63) is 58.4 Å². The number of nitrogens with zero attached hydrogens (tertiary/aromatic N) is 2. The standard InChI is InChI=1S/C20H22N2OS2/c1-4-22-18-14(2)10-11-15(3)19(18)25-20(22)21-17(23)12-13-24-16-8-6-5-7-9-16/h5-11H,4,12-13H2,1-3H3. The maximum atomic E-state index is 12.3. The van der Waals surface area contributed by atoms with Crippen molar-refractivity contribution in [1.29, 1.82) is 0 Å². The van der Waals surface area contributed by atoms with Crippen LogP contribution in [0.2, 0.25) is 0 Å². The number of carbonyl (C=O) groups is 1. The van der Waals surface area contributed by atoms with Gasteiger partial charge in [0.1, 0.15) is 0 Å². The maximum absolute atomic E-state index is 12.3. The summed E-state index contributed by atoms with van der Waals surface area (Å²) < 4.78 is 3.39. The van der Waals surface area contributed by atoms with E-state index in [4.69, 9.17) is 0 Å². The van der Waals surface area contributed by atoms with Crippen molar-refractivity contribution in [3.8, 4) is 0 Å². The summed E-state index contributed by atoms with van der Waals surface area (Å²) in [7, 11) is 0. The van der Waals surface area contributed by atoms with E-state index in [-0.39, 0.29) is 5.91 Å². The Bertz CT molecular complexity index is 955. The minimum absolute atomic E-state index is 0.0486. The van der Waals surface area contributed by atoms with E-state index in [1.165, 1.54) is 26.2 Å². The third-order valence-electron chi connectivity index (χ3n) is 4.09. The first kappa shape index (κ1) is 18.0. The van der Waals surface area contributed by atoms with Gasteiger partial charge in [-0.05, 0) is 44.0 Å². The van der Waals surface area contributed by atoms with Gasteiger partial charge in [0.2, 0.25) is 5.91 Å². The van der Waals surface area contributed by atoms with Gasteiger partial charge in [-0.2, -0.15) is 4.99 Å². The number of thioether (sulfide) groups is 1. The Morgan fingerprint density at radius 3 is 2.56 bits per heavy atom. The molecule has 5 heteroatoms. The van der Waals surface area contributed by atoms with Crippen LogP contribution in [0, 0.1) is 13.8 Å². The molecule has 0 spiro atoms. The maximum Gasteiger partial charge on any atom is 0.249 e. The highest BCUT2D eigenvalue weighted by Crippen LogP contribution is 2.25. The van der Waals surface area contributed by atoms with E-state index in [2.05, 4.69) is 54.6 Å². The van der Waals surface area contributed by atoms with Crippen molar-refractivity contribution >= 4 is 39.2 Å².